The van der Waals surface area contributed by atoms with Crippen molar-refractivity contribution in [2.45, 2.75) is 121 Å². The van der Waals surface area contributed by atoms with Crippen molar-refractivity contribution in [3.05, 3.63) is 65.7 Å². The molecule has 0 heterocycles. The van der Waals surface area contributed by atoms with Crippen molar-refractivity contribution in [2.75, 3.05) is 5.32 Å². The van der Waals surface area contributed by atoms with Crippen molar-refractivity contribution >= 4 is 46.5 Å². The van der Waals surface area contributed by atoms with E-state index in [4.69, 9.17) is 27.9 Å². The van der Waals surface area contributed by atoms with Gasteiger partial charge in [-0.25, -0.2) is 4.79 Å². The molecule has 0 bridgehead atoms. The number of rotatable bonds is 21. The predicted octanol–water partition coefficient (Wildman–Crippen LogP) is 10.1. The lowest BCUT2D eigenvalue weighted by Crippen LogP contribution is -2.40. The van der Waals surface area contributed by atoms with Crippen LogP contribution in [0.3, 0.4) is 0 Å². The van der Waals surface area contributed by atoms with Gasteiger partial charge in [-0.2, -0.15) is 0 Å². The van der Waals surface area contributed by atoms with E-state index in [0.29, 0.717) is 0 Å². The van der Waals surface area contributed by atoms with Crippen LogP contribution >= 0.6 is 23.2 Å². The Morgan fingerprint density at radius 1 is 0.732 bits per heavy atom. The van der Waals surface area contributed by atoms with Gasteiger partial charge >= 0.3 is 5.97 Å². The number of carbonyl (C=O) groups is 3. The first kappa shape index (κ1) is 34.8. The Morgan fingerprint density at radius 3 is 1.78 bits per heavy atom. The zero-order valence-electron chi connectivity index (χ0n) is 24.8. The molecule has 5 nitrogen and oxygen atoms in total. The highest BCUT2D eigenvalue weighted by atomic mass is 35.5. The zero-order chi connectivity index (χ0) is 29.9. The van der Waals surface area contributed by atoms with Crippen LogP contribution in [-0.4, -0.2) is 28.1 Å². The molecule has 0 saturated heterocycles. The van der Waals surface area contributed by atoms with Crippen molar-refractivity contribution in [3.8, 4) is 0 Å². The Kier molecular flexibility index (Phi) is 16.7. The number of ether oxygens (including phenoxy) is 1. The Morgan fingerprint density at radius 2 is 1.22 bits per heavy atom. The van der Waals surface area contributed by atoms with Gasteiger partial charge in [0.1, 0.15) is 0 Å². The molecule has 7 heteroatoms. The number of alkyl halides is 2. The second-order valence-electron chi connectivity index (χ2n) is 10.9. The molecule has 1 atom stereocenters. The van der Waals surface area contributed by atoms with Gasteiger partial charge in [0.25, 0.3) is 10.2 Å². The Hall–Kier alpha value is -2.37. The van der Waals surface area contributed by atoms with E-state index < -0.39 is 22.0 Å². The van der Waals surface area contributed by atoms with Crippen molar-refractivity contribution in [1.29, 1.82) is 0 Å². The molecular formula is C34H47Cl2NO4. The lowest BCUT2D eigenvalue weighted by atomic mass is 10.0. The molecule has 0 saturated carbocycles. The third-order valence-electron chi connectivity index (χ3n) is 7.27. The number of hydrogen-bond acceptors (Lipinski definition) is 4. The first-order valence-electron chi connectivity index (χ1n) is 15.4. The standard InChI is InChI=1S/C34H47Cl2NO4/c1-3-4-5-6-7-8-9-10-11-12-13-14-15-17-22-27(2)41-32(39)29-25-20-21-26-30(29)37-33(40)34(35,36)31(38)28-23-18-16-19-24-28/h16,18-21,23-27H,3-15,17,22H2,1-2H3,(H,37,40). The highest BCUT2D eigenvalue weighted by Crippen LogP contribution is 2.29. The van der Waals surface area contributed by atoms with E-state index in [2.05, 4.69) is 12.2 Å². The number of hydrogen-bond donors (Lipinski definition) is 1. The predicted molar refractivity (Wildman–Crippen MR) is 170 cm³/mol. The number of nitrogens with one attached hydrogen (secondary N) is 1. The van der Waals surface area contributed by atoms with Gasteiger partial charge < -0.3 is 10.1 Å². The largest absolute Gasteiger partial charge is 0.459 e. The number of carbonyl (C=O) groups excluding carboxylic acids is 3. The summed E-state index contributed by atoms with van der Waals surface area (Å²) in [4.78, 5) is 38.5. The Balaban J connectivity index is 1.68. The van der Waals surface area contributed by atoms with Gasteiger partial charge in [-0.05, 0) is 31.9 Å². The van der Waals surface area contributed by atoms with Crippen molar-refractivity contribution in [2.24, 2.45) is 0 Å². The maximum absolute atomic E-state index is 12.9. The molecule has 226 valence electrons. The number of ketones is 1. The number of esters is 1. The molecule has 1 amide bonds. The van der Waals surface area contributed by atoms with Gasteiger partial charge in [-0.1, -0.05) is 156 Å². The van der Waals surface area contributed by atoms with Crippen molar-refractivity contribution in [3.63, 3.8) is 0 Å². The second-order valence-corrected chi connectivity index (χ2v) is 12.2. The van der Waals surface area contributed by atoms with Gasteiger partial charge in [0.15, 0.2) is 0 Å². The summed E-state index contributed by atoms with van der Waals surface area (Å²) in [5, 5.41) is 2.53. The van der Waals surface area contributed by atoms with Crippen molar-refractivity contribution < 1.29 is 19.1 Å². The van der Waals surface area contributed by atoms with Gasteiger partial charge in [0, 0.05) is 5.56 Å². The average Bonchev–Trinajstić information content (AvgIpc) is 2.97. The minimum absolute atomic E-state index is 0.171. The molecule has 0 spiro atoms. The first-order valence-corrected chi connectivity index (χ1v) is 16.1. The summed E-state index contributed by atoms with van der Waals surface area (Å²) in [6.45, 7) is 4.14. The summed E-state index contributed by atoms with van der Waals surface area (Å²) in [5.41, 5.74) is 0.556. The second kappa shape index (κ2) is 19.7. The monoisotopic (exact) mass is 603 g/mol. The summed E-state index contributed by atoms with van der Waals surface area (Å²) in [7, 11) is 0. The molecule has 0 fully saturated rings. The Bertz CT molecular complexity index is 1060. The molecule has 0 aromatic heterocycles. The molecule has 1 N–H and O–H groups in total. The van der Waals surface area contributed by atoms with Crippen LogP contribution in [-0.2, 0) is 9.53 Å². The molecule has 0 aliphatic rings. The van der Waals surface area contributed by atoms with E-state index in [-0.39, 0.29) is 22.9 Å². The third kappa shape index (κ3) is 13.0. The molecule has 0 aliphatic heterocycles. The minimum atomic E-state index is -2.36. The van der Waals surface area contributed by atoms with Crippen molar-refractivity contribution in [1.82, 2.24) is 0 Å². The van der Waals surface area contributed by atoms with Gasteiger partial charge in [-0.3, -0.25) is 9.59 Å². The van der Waals surface area contributed by atoms with E-state index in [1.54, 1.807) is 42.5 Å². The molecule has 1 unspecified atom stereocenters. The molecule has 0 aliphatic carbocycles. The molecule has 0 radical (unpaired) electrons. The molecule has 41 heavy (non-hydrogen) atoms. The van der Waals surface area contributed by atoms with Gasteiger partial charge in [0.2, 0.25) is 5.78 Å². The summed E-state index contributed by atoms with van der Waals surface area (Å²) >= 11 is 12.4. The number of unbranched alkanes of at least 4 members (excludes halogenated alkanes) is 13. The summed E-state index contributed by atoms with van der Waals surface area (Å²) in [6.07, 6.45) is 18.7. The van der Waals surface area contributed by atoms with E-state index in [9.17, 15) is 14.4 Å². The van der Waals surface area contributed by atoms with Crippen LogP contribution < -0.4 is 5.32 Å². The SMILES string of the molecule is CCCCCCCCCCCCCCCCC(C)OC(=O)c1ccccc1NC(=O)C(Cl)(Cl)C(=O)c1ccccc1. The van der Waals surface area contributed by atoms with Crippen LogP contribution in [0.15, 0.2) is 54.6 Å². The maximum Gasteiger partial charge on any atom is 0.340 e. The molecule has 2 aromatic rings. The molecule has 2 rings (SSSR count). The molecule has 2 aromatic carbocycles. The zero-order valence-corrected chi connectivity index (χ0v) is 26.3. The fourth-order valence-electron chi connectivity index (χ4n) is 4.78. The first-order chi connectivity index (χ1) is 19.8. The summed E-state index contributed by atoms with van der Waals surface area (Å²) < 4.78 is 3.29. The summed E-state index contributed by atoms with van der Waals surface area (Å²) in [6, 6.07) is 14.5. The van der Waals surface area contributed by atoms with Crippen LogP contribution in [0.1, 0.15) is 131 Å². The third-order valence-corrected chi connectivity index (χ3v) is 7.96. The van der Waals surface area contributed by atoms with E-state index >= 15 is 0 Å². The number of halogens is 2. The van der Waals surface area contributed by atoms with Gasteiger partial charge in [0.05, 0.1) is 17.4 Å². The van der Waals surface area contributed by atoms with Crippen LogP contribution in [0.4, 0.5) is 5.69 Å². The van der Waals surface area contributed by atoms with E-state index in [1.165, 1.54) is 89.2 Å². The maximum atomic E-state index is 12.9. The number of para-hydroxylation sites is 1. The fourth-order valence-corrected chi connectivity index (χ4v) is 5.09. The number of benzene rings is 2. The number of amides is 1. The van der Waals surface area contributed by atoms with Crippen LogP contribution in [0, 0.1) is 0 Å². The summed E-state index contributed by atoms with van der Waals surface area (Å²) in [5.74, 6) is -2.24. The minimum Gasteiger partial charge on any atom is -0.459 e. The van der Waals surface area contributed by atoms with Crippen LogP contribution in [0.2, 0.25) is 0 Å². The van der Waals surface area contributed by atoms with E-state index in [0.717, 1.165) is 19.3 Å². The highest BCUT2D eigenvalue weighted by Gasteiger charge is 2.43. The normalized spacial score (nSPS) is 12.1. The smallest absolute Gasteiger partial charge is 0.340 e. The van der Waals surface area contributed by atoms with Crippen LogP contribution in [0.25, 0.3) is 0 Å². The lowest BCUT2D eigenvalue weighted by molar-refractivity contribution is -0.116. The Labute approximate surface area is 256 Å². The lowest BCUT2D eigenvalue weighted by Gasteiger charge is -2.19. The van der Waals surface area contributed by atoms with Crippen LogP contribution in [0.5, 0.6) is 0 Å². The quantitative estimate of drug-likeness (QED) is 0.0506. The number of anilines is 1. The topological polar surface area (TPSA) is 72.5 Å². The fraction of sp³-hybridized carbons (Fsp3) is 0.559. The number of Topliss-reactive ketones (excluding diaryl/α,β-unsaturated/α-hetero) is 1. The van der Waals surface area contributed by atoms with E-state index in [1.807, 2.05) is 6.92 Å². The highest BCUT2D eigenvalue weighted by molar-refractivity contribution is 6.70. The average molecular weight is 605 g/mol. The molecular weight excluding hydrogens is 557 g/mol. The van der Waals surface area contributed by atoms with Gasteiger partial charge in [-0.15, -0.1) is 0 Å².